The van der Waals surface area contributed by atoms with E-state index >= 15 is 0 Å². The molecule has 0 radical (unpaired) electrons. The number of aliphatic hydroxyl groups is 2. The zero-order valence-corrected chi connectivity index (χ0v) is 10.8. The van der Waals surface area contributed by atoms with Gasteiger partial charge in [-0.25, -0.2) is 4.79 Å². The molecule has 0 bridgehead atoms. The summed E-state index contributed by atoms with van der Waals surface area (Å²) in [6.45, 7) is 7.08. The van der Waals surface area contributed by atoms with Crippen molar-refractivity contribution in [2.75, 3.05) is 0 Å². The maximum Gasteiger partial charge on any atom is 0.338 e. The molecule has 0 saturated carbocycles. The van der Waals surface area contributed by atoms with Crippen LogP contribution >= 0.6 is 0 Å². The molecule has 98 valence electrons. The van der Waals surface area contributed by atoms with Crippen molar-refractivity contribution < 1.29 is 20.1 Å². The van der Waals surface area contributed by atoms with Crippen molar-refractivity contribution in [2.45, 2.75) is 45.8 Å². The molecule has 3 atom stereocenters. The van der Waals surface area contributed by atoms with E-state index in [1.54, 1.807) is 6.08 Å². The van der Waals surface area contributed by atoms with Crippen LogP contribution in [0.5, 0.6) is 0 Å². The van der Waals surface area contributed by atoms with Gasteiger partial charge in [-0.05, 0) is 19.8 Å². The molecule has 0 aromatic rings. The Balaban J connectivity index is 4.64. The van der Waals surface area contributed by atoms with Crippen molar-refractivity contribution in [1.29, 1.82) is 0 Å². The maximum absolute atomic E-state index is 10.7. The lowest BCUT2D eigenvalue weighted by molar-refractivity contribution is -0.164. The SMILES string of the molecule is CCC(C)/C=C(C)/C=C\C(O)C(C)(O)C(=O)O. The molecule has 0 heterocycles. The fourth-order valence-electron chi connectivity index (χ4n) is 1.18. The van der Waals surface area contributed by atoms with Crippen molar-refractivity contribution in [2.24, 2.45) is 5.92 Å². The van der Waals surface area contributed by atoms with Crippen LogP contribution in [0.1, 0.15) is 34.1 Å². The zero-order chi connectivity index (χ0) is 13.6. The van der Waals surface area contributed by atoms with Gasteiger partial charge in [0.2, 0.25) is 0 Å². The number of aliphatic carboxylic acids is 1. The third kappa shape index (κ3) is 5.15. The average molecular weight is 242 g/mol. The first-order chi connectivity index (χ1) is 7.71. The predicted octanol–water partition coefficient (Wildman–Crippen LogP) is 1.73. The molecule has 0 aliphatic rings. The number of carbonyl (C=O) groups is 1. The van der Waals surface area contributed by atoms with Crippen LogP contribution < -0.4 is 0 Å². The second-order valence-electron chi connectivity index (χ2n) is 4.55. The third-order valence-electron chi connectivity index (χ3n) is 2.74. The van der Waals surface area contributed by atoms with E-state index < -0.39 is 17.7 Å². The van der Waals surface area contributed by atoms with Crippen LogP contribution in [-0.4, -0.2) is 33.0 Å². The summed E-state index contributed by atoms with van der Waals surface area (Å²) in [4.78, 5) is 10.7. The maximum atomic E-state index is 10.7. The second-order valence-corrected chi connectivity index (χ2v) is 4.55. The van der Waals surface area contributed by atoms with E-state index in [1.165, 1.54) is 6.08 Å². The first-order valence-corrected chi connectivity index (χ1v) is 5.72. The number of hydrogen-bond acceptors (Lipinski definition) is 3. The van der Waals surface area contributed by atoms with Crippen LogP contribution in [0.4, 0.5) is 0 Å². The molecular formula is C13H22O4. The molecule has 3 N–H and O–H groups in total. The molecule has 0 aliphatic heterocycles. The fourth-order valence-corrected chi connectivity index (χ4v) is 1.18. The summed E-state index contributed by atoms with van der Waals surface area (Å²) in [7, 11) is 0. The average Bonchev–Trinajstić information content (AvgIpc) is 2.25. The van der Waals surface area contributed by atoms with Crippen molar-refractivity contribution >= 4 is 5.97 Å². The number of carboxylic acid groups (broad SMARTS) is 1. The third-order valence-corrected chi connectivity index (χ3v) is 2.74. The van der Waals surface area contributed by atoms with E-state index in [4.69, 9.17) is 5.11 Å². The van der Waals surface area contributed by atoms with Gasteiger partial charge in [0.1, 0.15) is 6.10 Å². The Morgan fingerprint density at radius 3 is 2.41 bits per heavy atom. The first-order valence-electron chi connectivity index (χ1n) is 5.72. The van der Waals surface area contributed by atoms with Gasteiger partial charge in [0.25, 0.3) is 0 Å². The molecule has 0 aromatic heterocycles. The lowest BCUT2D eigenvalue weighted by Crippen LogP contribution is -2.45. The first kappa shape index (κ1) is 15.9. The molecule has 4 nitrogen and oxygen atoms in total. The summed E-state index contributed by atoms with van der Waals surface area (Å²) in [5, 5.41) is 27.7. The highest BCUT2D eigenvalue weighted by Gasteiger charge is 2.36. The Kier molecular flexibility index (Phi) is 6.13. The van der Waals surface area contributed by atoms with Gasteiger partial charge in [-0.1, -0.05) is 44.1 Å². The van der Waals surface area contributed by atoms with Gasteiger partial charge < -0.3 is 15.3 Å². The Morgan fingerprint density at radius 2 is 2.00 bits per heavy atom. The highest BCUT2D eigenvalue weighted by Crippen LogP contribution is 2.13. The van der Waals surface area contributed by atoms with Crippen molar-refractivity contribution in [1.82, 2.24) is 0 Å². The molecule has 0 amide bonds. The smallest absolute Gasteiger partial charge is 0.338 e. The molecule has 0 aromatic carbocycles. The molecule has 0 saturated heterocycles. The zero-order valence-electron chi connectivity index (χ0n) is 10.8. The minimum Gasteiger partial charge on any atom is -0.479 e. The van der Waals surface area contributed by atoms with Crippen LogP contribution in [0.3, 0.4) is 0 Å². The van der Waals surface area contributed by atoms with Crippen LogP contribution in [0.25, 0.3) is 0 Å². The lowest BCUT2D eigenvalue weighted by atomic mass is 9.98. The largest absolute Gasteiger partial charge is 0.479 e. The van der Waals surface area contributed by atoms with Crippen LogP contribution in [-0.2, 0) is 4.79 Å². The molecular weight excluding hydrogens is 220 g/mol. The highest BCUT2D eigenvalue weighted by atomic mass is 16.4. The Morgan fingerprint density at radius 1 is 1.47 bits per heavy atom. The number of aliphatic hydroxyl groups excluding tert-OH is 1. The summed E-state index contributed by atoms with van der Waals surface area (Å²) in [6, 6.07) is 0. The summed E-state index contributed by atoms with van der Waals surface area (Å²) >= 11 is 0. The summed E-state index contributed by atoms with van der Waals surface area (Å²) < 4.78 is 0. The summed E-state index contributed by atoms with van der Waals surface area (Å²) in [6.07, 6.45) is 4.52. The molecule has 4 heteroatoms. The second kappa shape index (κ2) is 6.57. The van der Waals surface area contributed by atoms with Gasteiger partial charge >= 0.3 is 5.97 Å². The van der Waals surface area contributed by atoms with Gasteiger partial charge in [-0.2, -0.15) is 0 Å². The molecule has 3 unspecified atom stereocenters. The predicted molar refractivity (Wildman–Crippen MR) is 66.6 cm³/mol. The van der Waals surface area contributed by atoms with E-state index in [0.29, 0.717) is 5.92 Å². The van der Waals surface area contributed by atoms with Gasteiger partial charge in [0, 0.05) is 0 Å². The van der Waals surface area contributed by atoms with Gasteiger partial charge in [-0.15, -0.1) is 0 Å². The minimum absolute atomic E-state index is 0.428. The Bertz CT molecular complexity index is 315. The topological polar surface area (TPSA) is 77.8 Å². The van der Waals surface area contributed by atoms with Gasteiger partial charge in [0.05, 0.1) is 0 Å². The standard InChI is InChI=1S/C13H22O4/c1-5-9(2)8-10(3)6-7-11(14)13(4,17)12(15)16/h6-9,11,14,17H,5H2,1-4H3,(H,15,16)/b7-6-,10-8+. The number of carboxylic acids is 1. The monoisotopic (exact) mass is 242 g/mol. The van der Waals surface area contributed by atoms with Crippen molar-refractivity contribution in [3.63, 3.8) is 0 Å². The van der Waals surface area contributed by atoms with Crippen LogP contribution in [0, 0.1) is 5.92 Å². The van der Waals surface area contributed by atoms with Crippen LogP contribution in [0.15, 0.2) is 23.8 Å². The van der Waals surface area contributed by atoms with E-state index in [9.17, 15) is 15.0 Å². The fraction of sp³-hybridized carbons (Fsp3) is 0.615. The van der Waals surface area contributed by atoms with E-state index in [1.807, 2.05) is 13.0 Å². The van der Waals surface area contributed by atoms with Gasteiger partial charge in [0.15, 0.2) is 5.60 Å². The number of hydrogen-bond donors (Lipinski definition) is 3. The molecule has 0 rings (SSSR count). The number of allylic oxidation sites excluding steroid dienone is 3. The molecule has 0 aliphatic carbocycles. The van der Waals surface area contributed by atoms with E-state index in [-0.39, 0.29) is 0 Å². The number of rotatable bonds is 6. The van der Waals surface area contributed by atoms with Gasteiger partial charge in [-0.3, -0.25) is 0 Å². The quantitative estimate of drug-likeness (QED) is 0.620. The minimum atomic E-state index is -2.16. The normalized spacial score (nSPS) is 20.0. The Hall–Kier alpha value is -1.13. The lowest BCUT2D eigenvalue weighted by Gasteiger charge is -2.21. The van der Waals surface area contributed by atoms with E-state index in [2.05, 4.69) is 13.8 Å². The molecule has 17 heavy (non-hydrogen) atoms. The molecule has 0 fully saturated rings. The molecule has 0 spiro atoms. The van der Waals surface area contributed by atoms with Crippen molar-refractivity contribution in [3.05, 3.63) is 23.8 Å². The Labute approximate surface area is 102 Å². The van der Waals surface area contributed by atoms with Crippen molar-refractivity contribution in [3.8, 4) is 0 Å². The highest BCUT2D eigenvalue weighted by molar-refractivity contribution is 5.77. The van der Waals surface area contributed by atoms with E-state index in [0.717, 1.165) is 18.9 Å². The van der Waals surface area contributed by atoms with Crippen LogP contribution in [0.2, 0.25) is 0 Å². The summed E-state index contributed by atoms with van der Waals surface area (Å²) in [5.41, 5.74) is -1.23. The summed E-state index contributed by atoms with van der Waals surface area (Å²) in [5.74, 6) is -1.02.